The van der Waals surface area contributed by atoms with Gasteiger partial charge in [-0.1, -0.05) is 0 Å². The van der Waals surface area contributed by atoms with Gasteiger partial charge in [0.1, 0.15) is 5.75 Å². The van der Waals surface area contributed by atoms with Gasteiger partial charge in [0.2, 0.25) is 0 Å². The van der Waals surface area contributed by atoms with Crippen LogP contribution in [0.4, 0.5) is 5.69 Å². The molecule has 0 spiro atoms. The van der Waals surface area contributed by atoms with Crippen LogP contribution in [-0.4, -0.2) is 29.8 Å². The summed E-state index contributed by atoms with van der Waals surface area (Å²) in [6.45, 7) is 2.09. The largest absolute Gasteiger partial charge is 0.491 e. The first-order chi connectivity index (χ1) is 9.24. The Bertz CT molecular complexity index is 647. The van der Waals surface area contributed by atoms with Crippen LogP contribution in [0.3, 0.4) is 0 Å². The Morgan fingerprint density at radius 2 is 2.42 bits per heavy atom. The van der Waals surface area contributed by atoms with E-state index in [0.29, 0.717) is 34.9 Å². The predicted molar refractivity (Wildman–Crippen MR) is 71.2 cm³/mol. The van der Waals surface area contributed by atoms with Gasteiger partial charge in [0.05, 0.1) is 36.1 Å². The molecule has 3 rings (SSSR count). The van der Waals surface area contributed by atoms with Gasteiger partial charge in [0.15, 0.2) is 0 Å². The second kappa shape index (κ2) is 4.89. The van der Waals surface area contributed by atoms with Gasteiger partial charge in [0, 0.05) is 18.6 Å². The topological polar surface area (TPSA) is 90.2 Å². The van der Waals surface area contributed by atoms with E-state index in [0.717, 1.165) is 19.6 Å². The smallest absolute Gasteiger partial charge is 0.258 e. The average Bonchev–Trinajstić information content (AvgIpc) is 2.91. The second-order valence-corrected chi connectivity index (χ2v) is 4.68. The van der Waals surface area contributed by atoms with Crippen LogP contribution in [0, 0.1) is 5.92 Å². The number of rotatable bonds is 3. The van der Waals surface area contributed by atoms with Crippen LogP contribution in [0.1, 0.15) is 6.42 Å². The molecular formula is C13H15N3O3. The van der Waals surface area contributed by atoms with Crippen LogP contribution < -0.4 is 16.0 Å². The molecular weight excluding hydrogens is 246 g/mol. The summed E-state index contributed by atoms with van der Waals surface area (Å²) in [5.41, 5.74) is 6.73. The van der Waals surface area contributed by atoms with Gasteiger partial charge in [-0.2, -0.15) is 0 Å². The maximum atomic E-state index is 11.6. The van der Waals surface area contributed by atoms with E-state index in [2.05, 4.69) is 9.97 Å². The SMILES string of the molecule is Nc1cc2c(=O)[nH]cnc2cc1OCC1CCOC1. The number of anilines is 1. The Hall–Kier alpha value is -2.08. The number of nitrogens with zero attached hydrogens (tertiary/aromatic N) is 1. The van der Waals surface area contributed by atoms with Crippen LogP contribution in [0.15, 0.2) is 23.3 Å². The molecule has 1 unspecified atom stereocenters. The molecule has 1 aromatic heterocycles. The van der Waals surface area contributed by atoms with Gasteiger partial charge in [0.25, 0.3) is 5.56 Å². The standard InChI is InChI=1S/C13H15N3O3/c14-10-3-9-11(15-7-16-13(9)17)4-12(10)19-6-8-1-2-18-5-8/h3-4,7-8H,1-2,5-6,14H2,(H,15,16,17). The lowest BCUT2D eigenvalue weighted by Gasteiger charge is -2.12. The Morgan fingerprint density at radius 3 is 3.21 bits per heavy atom. The van der Waals surface area contributed by atoms with Crippen molar-refractivity contribution in [3.05, 3.63) is 28.8 Å². The molecule has 1 aliphatic heterocycles. The lowest BCUT2D eigenvalue weighted by Crippen LogP contribution is -2.13. The van der Waals surface area contributed by atoms with Crippen LogP contribution in [0.2, 0.25) is 0 Å². The fraction of sp³-hybridized carbons (Fsp3) is 0.385. The van der Waals surface area contributed by atoms with Gasteiger partial charge in [-0.05, 0) is 12.5 Å². The van der Waals surface area contributed by atoms with E-state index >= 15 is 0 Å². The van der Waals surface area contributed by atoms with E-state index in [1.165, 1.54) is 6.33 Å². The molecule has 19 heavy (non-hydrogen) atoms. The number of nitrogens with one attached hydrogen (secondary N) is 1. The number of nitrogens with two attached hydrogens (primary N) is 1. The summed E-state index contributed by atoms with van der Waals surface area (Å²) in [4.78, 5) is 18.2. The highest BCUT2D eigenvalue weighted by atomic mass is 16.5. The van der Waals surface area contributed by atoms with E-state index in [4.69, 9.17) is 15.2 Å². The minimum atomic E-state index is -0.201. The normalized spacial score (nSPS) is 18.8. The van der Waals surface area contributed by atoms with Gasteiger partial charge in [-0.15, -0.1) is 0 Å². The highest BCUT2D eigenvalue weighted by molar-refractivity contribution is 5.84. The van der Waals surface area contributed by atoms with Crippen molar-refractivity contribution in [2.75, 3.05) is 25.6 Å². The van der Waals surface area contributed by atoms with Crippen LogP contribution in [0.25, 0.3) is 10.9 Å². The Morgan fingerprint density at radius 1 is 1.53 bits per heavy atom. The third-order valence-electron chi connectivity index (χ3n) is 3.27. The van der Waals surface area contributed by atoms with Crippen molar-refractivity contribution in [2.24, 2.45) is 5.92 Å². The molecule has 1 saturated heterocycles. The number of benzene rings is 1. The highest BCUT2D eigenvalue weighted by Crippen LogP contribution is 2.26. The zero-order valence-electron chi connectivity index (χ0n) is 10.4. The molecule has 6 heteroatoms. The molecule has 2 aromatic rings. The minimum absolute atomic E-state index is 0.201. The first kappa shape index (κ1) is 12.0. The molecule has 0 radical (unpaired) electrons. The number of ether oxygens (including phenoxy) is 2. The summed E-state index contributed by atoms with van der Waals surface area (Å²) in [5, 5.41) is 0.469. The van der Waals surface area contributed by atoms with E-state index in [1.807, 2.05) is 0 Å². The fourth-order valence-electron chi connectivity index (χ4n) is 2.16. The monoisotopic (exact) mass is 261 g/mol. The molecule has 1 aromatic carbocycles. The first-order valence-corrected chi connectivity index (χ1v) is 6.21. The number of nitrogen functional groups attached to an aromatic ring is 1. The summed E-state index contributed by atoms with van der Waals surface area (Å²) >= 11 is 0. The van der Waals surface area contributed by atoms with Crippen LogP contribution >= 0.6 is 0 Å². The van der Waals surface area contributed by atoms with E-state index < -0.39 is 0 Å². The third-order valence-corrected chi connectivity index (χ3v) is 3.27. The molecule has 100 valence electrons. The summed E-state index contributed by atoms with van der Waals surface area (Å²) < 4.78 is 11.0. The number of hydrogen-bond acceptors (Lipinski definition) is 5. The summed E-state index contributed by atoms with van der Waals surface area (Å²) in [6, 6.07) is 3.30. The van der Waals surface area contributed by atoms with Crippen molar-refractivity contribution in [1.82, 2.24) is 9.97 Å². The van der Waals surface area contributed by atoms with Crippen molar-refractivity contribution in [1.29, 1.82) is 0 Å². The minimum Gasteiger partial charge on any atom is -0.491 e. The lowest BCUT2D eigenvalue weighted by atomic mass is 10.1. The third kappa shape index (κ3) is 2.39. The molecule has 0 amide bonds. The summed E-state index contributed by atoms with van der Waals surface area (Å²) in [7, 11) is 0. The van der Waals surface area contributed by atoms with Gasteiger partial charge < -0.3 is 20.2 Å². The lowest BCUT2D eigenvalue weighted by molar-refractivity contribution is 0.167. The molecule has 2 heterocycles. The number of hydrogen-bond donors (Lipinski definition) is 2. The van der Waals surface area contributed by atoms with Crippen molar-refractivity contribution < 1.29 is 9.47 Å². The summed E-state index contributed by atoms with van der Waals surface area (Å²) in [5.74, 6) is 0.972. The maximum absolute atomic E-state index is 11.6. The molecule has 1 fully saturated rings. The average molecular weight is 261 g/mol. The van der Waals surface area contributed by atoms with Crippen LogP contribution in [0.5, 0.6) is 5.75 Å². The predicted octanol–water partition coefficient (Wildman–Crippen LogP) is 0.921. The second-order valence-electron chi connectivity index (χ2n) is 4.68. The highest BCUT2D eigenvalue weighted by Gasteiger charge is 2.17. The fourth-order valence-corrected chi connectivity index (χ4v) is 2.16. The quantitative estimate of drug-likeness (QED) is 0.802. The molecule has 3 N–H and O–H groups in total. The van der Waals surface area contributed by atoms with Gasteiger partial charge >= 0.3 is 0 Å². The Labute approximate surface area is 109 Å². The number of aromatic amines is 1. The van der Waals surface area contributed by atoms with Crippen molar-refractivity contribution in [3.8, 4) is 5.75 Å². The molecule has 1 atom stereocenters. The number of aromatic nitrogens is 2. The molecule has 1 aliphatic rings. The van der Waals surface area contributed by atoms with Crippen molar-refractivity contribution in [3.63, 3.8) is 0 Å². The zero-order chi connectivity index (χ0) is 13.2. The Kier molecular flexibility index (Phi) is 3.08. The molecule has 0 saturated carbocycles. The van der Waals surface area contributed by atoms with E-state index in [1.54, 1.807) is 12.1 Å². The van der Waals surface area contributed by atoms with Crippen molar-refractivity contribution >= 4 is 16.6 Å². The van der Waals surface area contributed by atoms with Crippen LogP contribution in [-0.2, 0) is 4.74 Å². The molecule has 6 nitrogen and oxygen atoms in total. The maximum Gasteiger partial charge on any atom is 0.258 e. The number of H-pyrrole nitrogens is 1. The van der Waals surface area contributed by atoms with Gasteiger partial charge in [-0.25, -0.2) is 4.98 Å². The van der Waals surface area contributed by atoms with Gasteiger partial charge in [-0.3, -0.25) is 4.79 Å². The first-order valence-electron chi connectivity index (χ1n) is 6.21. The molecule has 0 bridgehead atoms. The van der Waals surface area contributed by atoms with Crippen molar-refractivity contribution in [2.45, 2.75) is 6.42 Å². The van der Waals surface area contributed by atoms with E-state index in [9.17, 15) is 4.79 Å². The zero-order valence-corrected chi connectivity index (χ0v) is 10.4. The number of fused-ring (bicyclic) bond motifs is 1. The molecule has 0 aliphatic carbocycles. The Balaban J connectivity index is 1.86. The van der Waals surface area contributed by atoms with E-state index in [-0.39, 0.29) is 5.56 Å². The summed E-state index contributed by atoms with van der Waals surface area (Å²) in [6.07, 6.45) is 2.38.